The van der Waals surface area contributed by atoms with E-state index in [1.165, 1.54) is 19.3 Å². The maximum atomic E-state index is 13.9. The molecular formula is C22H24F3N3OS. The van der Waals surface area contributed by atoms with Crippen molar-refractivity contribution in [1.29, 1.82) is 5.26 Å². The van der Waals surface area contributed by atoms with Gasteiger partial charge in [-0.05, 0) is 75.2 Å². The first kappa shape index (κ1) is 20.2. The fourth-order valence-corrected chi connectivity index (χ4v) is 7.10. The van der Waals surface area contributed by atoms with E-state index in [9.17, 15) is 23.2 Å². The highest BCUT2D eigenvalue weighted by molar-refractivity contribution is 8.00. The second-order valence-corrected chi connectivity index (χ2v) is 10.6. The Morgan fingerprint density at radius 3 is 2.30 bits per heavy atom. The molecule has 5 aliphatic rings. The van der Waals surface area contributed by atoms with Gasteiger partial charge in [-0.1, -0.05) is 11.8 Å². The lowest BCUT2D eigenvalue weighted by molar-refractivity contribution is -0.138. The molecule has 0 aliphatic heterocycles. The molecule has 6 rings (SSSR count). The molecule has 5 aliphatic carbocycles. The molecule has 0 atom stereocenters. The molecule has 1 N–H and O–H groups in total. The Balaban J connectivity index is 1.51. The van der Waals surface area contributed by atoms with Crippen molar-refractivity contribution in [3.8, 4) is 6.07 Å². The third-order valence-electron chi connectivity index (χ3n) is 7.27. The summed E-state index contributed by atoms with van der Waals surface area (Å²) >= 11 is 0.952. The van der Waals surface area contributed by atoms with E-state index >= 15 is 0 Å². The monoisotopic (exact) mass is 435 g/mol. The number of nitrogens with zero attached hydrogens (tertiary/aromatic N) is 2. The highest BCUT2D eigenvalue weighted by Crippen LogP contribution is 2.60. The Morgan fingerprint density at radius 2 is 1.80 bits per heavy atom. The largest absolute Gasteiger partial charge is 0.417 e. The van der Waals surface area contributed by atoms with Crippen LogP contribution < -0.4 is 5.32 Å². The van der Waals surface area contributed by atoms with Crippen LogP contribution in [0.15, 0.2) is 11.1 Å². The molecule has 1 aromatic rings. The van der Waals surface area contributed by atoms with Crippen molar-refractivity contribution >= 4 is 17.7 Å². The molecule has 5 fully saturated rings. The third-order valence-corrected chi connectivity index (χ3v) is 8.24. The van der Waals surface area contributed by atoms with E-state index in [0.29, 0.717) is 23.4 Å². The Labute approximate surface area is 178 Å². The molecule has 0 saturated heterocycles. The Morgan fingerprint density at radius 1 is 1.20 bits per heavy atom. The predicted octanol–water partition coefficient (Wildman–Crippen LogP) is 4.81. The quantitative estimate of drug-likeness (QED) is 0.674. The molecule has 4 bridgehead atoms. The van der Waals surface area contributed by atoms with Gasteiger partial charge >= 0.3 is 6.18 Å². The van der Waals surface area contributed by atoms with Gasteiger partial charge in [0.25, 0.3) is 0 Å². The van der Waals surface area contributed by atoms with Crippen molar-refractivity contribution in [2.24, 2.45) is 17.8 Å². The van der Waals surface area contributed by atoms with Gasteiger partial charge in [0.05, 0.1) is 16.9 Å². The van der Waals surface area contributed by atoms with Crippen molar-refractivity contribution < 1.29 is 18.0 Å². The second-order valence-electron chi connectivity index (χ2n) is 9.67. The smallest absolute Gasteiger partial charge is 0.353 e. The number of nitriles is 1. The number of aromatic nitrogens is 1. The second kappa shape index (κ2) is 7.15. The van der Waals surface area contributed by atoms with Crippen LogP contribution in [-0.4, -0.2) is 22.7 Å². The normalized spacial score (nSPS) is 32.1. The first-order valence-electron chi connectivity index (χ1n) is 10.7. The van der Waals surface area contributed by atoms with Crippen LogP contribution in [0.1, 0.15) is 68.2 Å². The lowest BCUT2D eigenvalue weighted by Crippen LogP contribution is -2.49. The number of halogens is 3. The van der Waals surface area contributed by atoms with E-state index in [1.807, 2.05) is 0 Å². The lowest BCUT2D eigenvalue weighted by atomic mass is 9.48. The maximum Gasteiger partial charge on any atom is 0.417 e. The van der Waals surface area contributed by atoms with Gasteiger partial charge in [0, 0.05) is 17.2 Å². The van der Waals surface area contributed by atoms with Crippen LogP contribution in [0.5, 0.6) is 0 Å². The van der Waals surface area contributed by atoms with E-state index in [-0.39, 0.29) is 28.1 Å². The summed E-state index contributed by atoms with van der Waals surface area (Å²) in [7, 11) is 0. The summed E-state index contributed by atoms with van der Waals surface area (Å²) in [6.07, 6.45) is 3.48. The number of amides is 1. The summed E-state index contributed by atoms with van der Waals surface area (Å²) < 4.78 is 41.6. The van der Waals surface area contributed by atoms with Gasteiger partial charge in [0.2, 0.25) is 5.91 Å². The molecule has 8 heteroatoms. The van der Waals surface area contributed by atoms with Crippen molar-refractivity contribution in [1.82, 2.24) is 10.3 Å². The summed E-state index contributed by atoms with van der Waals surface area (Å²) in [5.41, 5.74) is -1.19. The SMILES string of the molecule is N#Cc1c(C(F)(F)F)cc(C23CC4CC(CC(C4)C2)C3)nc1SCC(=O)NC1CC1. The topological polar surface area (TPSA) is 65.8 Å². The summed E-state index contributed by atoms with van der Waals surface area (Å²) in [4.78, 5) is 16.7. The van der Waals surface area contributed by atoms with Crippen LogP contribution in [-0.2, 0) is 16.4 Å². The predicted molar refractivity (Wildman–Crippen MR) is 106 cm³/mol. The number of carbonyl (C=O) groups excluding carboxylic acids is 1. The molecule has 0 spiro atoms. The molecule has 0 radical (unpaired) electrons. The number of nitrogens with one attached hydrogen (secondary N) is 1. The van der Waals surface area contributed by atoms with Crippen LogP contribution in [0.4, 0.5) is 13.2 Å². The number of hydrogen-bond acceptors (Lipinski definition) is 4. The average molecular weight is 436 g/mol. The fourth-order valence-electron chi connectivity index (χ4n) is 6.28. The highest BCUT2D eigenvalue weighted by Gasteiger charge is 2.53. The van der Waals surface area contributed by atoms with Gasteiger partial charge in [-0.3, -0.25) is 4.79 Å². The standard InChI is InChI=1S/C22H24F3N3OS/c23-22(24,25)17-6-18(21-7-12-3-13(8-21)5-14(4-12)9-21)28-20(16(17)10-26)30-11-19(29)27-15-1-2-15/h6,12-15H,1-5,7-9,11H2,(H,27,29). The first-order valence-corrected chi connectivity index (χ1v) is 11.7. The molecule has 4 nitrogen and oxygen atoms in total. The number of pyridine rings is 1. The van der Waals surface area contributed by atoms with Gasteiger partial charge in [0.1, 0.15) is 11.1 Å². The minimum atomic E-state index is -4.63. The van der Waals surface area contributed by atoms with Gasteiger partial charge in [-0.25, -0.2) is 4.98 Å². The average Bonchev–Trinajstić information content (AvgIpc) is 3.47. The first-order chi connectivity index (χ1) is 14.3. The molecule has 0 unspecified atom stereocenters. The summed E-state index contributed by atoms with van der Waals surface area (Å²) in [6.45, 7) is 0. The molecule has 1 heterocycles. The van der Waals surface area contributed by atoms with E-state index in [4.69, 9.17) is 0 Å². The van der Waals surface area contributed by atoms with E-state index < -0.39 is 17.3 Å². The van der Waals surface area contributed by atoms with Crippen molar-refractivity contribution in [3.63, 3.8) is 0 Å². The van der Waals surface area contributed by atoms with E-state index in [1.54, 1.807) is 6.07 Å². The molecule has 160 valence electrons. The van der Waals surface area contributed by atoms with Gasteiger partial charge in [-0.15, -0.1) is 0 Å². The molecule has 1 amide bonds. The molecule has 1 aromatic heterocycles. The number of thioether (sulfide) groups is 1. The van der Waals surface area contributed by atoms with Crippen LogP contribution in [0, 0.1) is 29.1 Å². The zero-order chi connectivity index (χ0) is 21.1. The minimum absolute atomic E-state index is 0.0280. The lowest BCUT2D eigenvalue weighted by Gasteiger charge is -2.56. The Hall–Kier alpha value is -1.75. The van der Waals surface area contributed by atoms with Gasteiger partial charge in [0.15, 0.2) is 0 Å². The van der Waals surface area contributed by atoms with Crippen LogP contribution in [0.2, 0.25) is 0 Å². The third kappa shape index (κ3) is 3.70. The van der Waals surface area contributed by atoms with E-state index in [2.05, 4.69) is 10.3 Å². The number of alkyl halides is 3. The van der Waals surface area contributed by atoms with Crippen molar-refractivity contribution in [3.05, 3.63) is 22.9 Å². The zero-order valence-corrected chi connectivity index (χ0v) is 17.4. The highest BCUT2D eigenvalue weighted by atomic mass is 32.2. The fraction of sp³-hybridized carbons (Fsp3) is 0.682. The molecule has 0 aromatic carbocycles. The molecule has 5 saturated carbocycles. The van der Waals surface area contributed by atoms with Crippen LogP contribution >= 0.6 is 11.8 Å². The summed E-state index contributed by atoms with van der Waals surface area (Å²) in [5, 5.41) is 12.4. The Kier molecular flexibility index (Phi) is 4.81. The number of rotatable bonds is 5. The molecule has 30 heavy (non-hydrogen) atoms. The number of hydrogen-bond donors (Lipinski definition) is 1. The molecular weight excluding hydrogens is 411 g/mol. The van der Waals surface area contributed by atoms with Crippen molar-refractivity contribution in [2.75, 3.05) is 5.75 Å². The van der Waals surface area contributed by atoms with Gasteiger partial charge in [-0.2, -0.15) is 18.4 Å². The summed E-state index contributed by atoms with van der Waals surface area (Å²) in [5.74, 6) is 1.47. The minimum Gasteiger partial charge on any atom is -0.353 e. The summed E-state index contributed by atoms with van der Waals surface area (Å²) in [6, 6.07) is 3.04. The number of carbonyl (C=O) groups is 1. The van der Waals surface area contributed by atoms with Crippen LogP contribution in [0.25, 0.3) is 0 Å². The van der Waals surface area contributed by atoms with Crippen LogP contribution in [0.3, 0.4) is 0 Å². The van der Waals surface area contributed by atoms with E-state index in [0.717, 1.165) is 49.9 Å². The van der Waals surface area contributed by atoms with Gasteiger partial charge < -0.3 is 5.32 Å². The Bertz CT molecular complexity index is 884. The van der Waals surface area contributed by atoms with Crippen molar-refractivity contribution in [2.45, 2.75) is 74.0 Å². The maximum absolute atomic E-state index is 13.9. The zero-order valence-electron chi connectivity index (χ0n) is 16.6.